The van der Waals surface area contributed by atoms with Gasteiger partial charge in [0.15, 0.2) is 0 Å². The van der Waals surface area contributed by atoms with Gasteiger partial charge in [-0.3, -0.25) is 4.98 Å². The van der Waals surface area contributed by atoms with Crippen LogP contribution in [0.4, 0.5) is 10.5 Å². The van der Waals surface area contributed by atoms with E-state index in [2.05, 4.69) is 15.6 Å². The maximum absolute atomic E-state index is 12.6. The van der Waals surface area contributed by atoms with Crippen LogP contribution >= 0.6 is 0 Å². The Kier molecular flexibility index (Phi) is 7.05. The number of aromatic nitrogens is 1. The fourth-order valence-electron chi connectivity index (χ4n) is 3.26. The van der Waals surface area contributed by atoms with Crippen molar-refractivity contribution in [1.82, 2.24) is 14.6 Å². The van der Waals surface area contributed by atoms with Crippen molar-refractivity contribution in [3.05, 3.63) is 48.8 Å². The lowest BCUT2D eigenvalue weighted by atomic mass is 9.98. The second-order valence-corrected chi connectivity index (χ2v) is 8.74. The van der Waals surface area contributed by atoms with Gasteiger partial charge >= 0.3 is 6.03 Å². The number of anilines is 1. The van der Waals surface area contributed by atoms with Crippen molar-refractivity contribution in [2.75, 3.05) is 31.6 Å². The van der Waals surface area contributed by atoms with Gasteiger partial charge in [-0.15, -0.1) is 0 Å². The molecule has 1 aromatic carbocycles. The van der Waals surface area contributed by atoms with Crippen molar-refractivity contribution in [2.45, 2.75) is 24.7 Å². The van der Waals surface area contributed by atoms with E-state index in [1.54, 1.807) is 30.5 Å². The molecule has 1 aromatic heterocycles. The topological polar surface area (TPSA) is 101 Å². The molecule has 1 aliphatic heterocycles. The maximum Gasteiger partial charge on any atom is 0.319 e. The number of carbonyl (C=O) groups is 1. The first kappa shape index (κ1) is 21.1. The van der Waals surface area contributed by atoms with E-state index in [9.17, 15) is 13.2 Å². The molecule has 9 heteroatoms. The first-order valence-electron chi connectivity index (χ1n) is 9.67. The van der Waals surface area contributed by atoms with E-state index in [-0.39, 0.29) is 16.8 Å². The van der Waals surface area contributed by atoms with Crippen molar-refractivity contribution in [3.8, 4) is 5.75 Å². The molecule has 0 spiro atoms. The second kappa shape index (κ2) is 9.71. The number of carbonyl (C=O) groups excluding carboxylic acids is 1. The van der Waals surface area contributed by atoms with Gasteiger partial charge in [-0.05, 0) is 49.9 Å². The molecule has 2 N–H and O–H groups in total. The minimum absolute atomic E-state index is 0.212. The lowest BCUT2D eigenvalue weighted by Crippen LogP contribution is -2.42. The highest BCUT2D eigenvalue weighted by Gasteiger charge is 2.29. The lowest BCUT2D eigenvalue weighted by molar-refractivity contribution is 0.240. The van der Waals surface area contributed by atoms with Gasteiger partial charge in [0, 0.05) is 32.0 Å². The molecule has 8 nitrogen and oxygen atoms in total. The number of hydrogen-bond donors (Lipinski definition) is 2. The predicted octanol–water partition coefficient (Wildman–Crippen LogP) is 2.70. The summed E-state index contributed by atoms with van der Waals surface area (Å²) in [4.78, 5) is 16.3. The number of sulfonamides is 1. The number of nitrogens with one attached hydrogen (secondary N) is 2. The molecule has 2 heterocycles. The molecule has 1 fully saturated rings. The average Bonchev–Trinajstić information content (AvgIpc) is 2.75. The Hall–Kier alpha value is -2.65. The molecule has 1 aliphatic rings. The number of hydrogen-bond acceptors (Lipinski definition) is 5. The molecule has 156 valence electrons. The zero-order chi connectivity index (χ0) is 20.7. The van der Waals surface area contributed by atoms with Crippen molar-refractivity contribution in [1.29, 1.82) is 0 Å². The highest BCUT2D eigenvalue weighted by atomic mass is 32.2. The quantitative estimate of drug-likeness (QED) is 0.720. The highest BCUT2D eigenvalue weighted by Crippen LogP contribution is 2.24. The van der Waals surface area contributed by atoms with Crippen LogP contribution in [0.3, 0.4) is 0 Å². The van der Waals surface area contributed by atoms with Crippen molar-refractivity contribution < 1.29 is 17.9 Å². The van der Waals surface area contributed by atoms with E-state index < -0.39 is 10.0 Å². The SMILES string of the molecule is CCOc1ccccc1NC(=O)NCC1CCN(S(=O)(=O)c2cccnc2)CC1. The number of para-hydroxylation sites is 2. The molecule has 1 saturated heterocycles. The summed E-state index contributed by atoms with van der Waals surface area (Å²) in [6, 6.07) is 10.1. The fraction of sp³-hybridized carbons (Fsp3) is 0.400. The molecule has 3 rings (SSSR count). The molecule has 2 amide bonds. The molecule has 0 aliphatic carbocycles. The fourth-order valence-corrected chi connectivity index (χ4v) is 4.69. The third kappa shape index (κ3) is 5.45. The number of nitrogens with zero attached hydrogens (tertiary/aromatic N) is 2. The number of pyridine rings is 1. The van der Waals surface area contributed by atoms with Crippen LogP contribution in [0.1, 0.15) is 19.8 Å². The van der Waals surface area contributed by atoms with E-state index >= 15 is 0 Å². The standard InChI is InChI=1S/C20H26N4O4S/c1-2-28-19-8-4-3-7-18(19)23-20(25)22-14-16-9-12-24(13-10-16)29(26,27)17-6-5-11-21-15-17/h3-8,11,15-16H,2,9-10,12-14H2,1H3,(H2,22,23,25). The third-order valence-corrected chi connectivity index (χ3v) is 6.71. The lowest BCUT2D eigenvalue weighted by Gasteiger charge is -2.31. The van der Waals surface area contributed by atoms with Crippen LogP contribution in [0.15, 0.2) is 53.7 Å². The minimum atomic E-state index is -3.51. The van der Waals surface area contributed by atoms with Crippen LogP contribution in [0.25, 0.3) is 0 Å². The molecule has 0 atom stereocenters. The molecule has 0 unspecified atom stereocenters. The Morgan fingerprint density at radius 2 is 1.97 bits per heavy atom. The summed E-state index contributed by atoms with van der Waals surface area (Å²) in [5, 5.41) is 5.67. The van der Waals surface area contributed by atoms with Gasteiger partial charge in [-0.1, -0.05) is 12.1 Å². The molecule has 29 heavy (non-hydrogen) atoms. The third-order valence-electron chi connectivity index (χ3n) is 4.83. The monoisotopic (exact) mass is 418 g/mol. The first-order chi connectivity index (χ1) is 14.0. The van der Waals surface area contributed by atoms with Gasteiger partial charge in [0.2, 0.25) is 10.0 Å². The zero-order valence-corrected chi connectivity index (χ0v) is 17.2. The zero-order valence-electron chi connectivity index (χ0n) is 16.4. The van der Waals surface area contributed by atoms with Gasteiger partial charge in [0.05, 0.1) is 12.3 Å². The Balaban J connectivity index is 1.47. The van der Waals surface area contributed by atoms with E-state index in [1.165, 1.54) is 10.5 Å². The highest BCUT2D eigenvalue weighted by molar-refractivity contribution is 7.89. The summed E-state index contributed by atoms with van der Waals surface area (Å²) in [6.07, 6.45) is 4.30. The van der Waals surface area contributed by atoms with Crippen LogP contribution < -0.4 is 15.4 Å². The van der Waals surface area contributed by atoms with E-state index in [4.69, 9.17) is 4.74 Å². The van der Waals surface area contributed by atoms with Crippen LogP contribution in [0.2, 0.25) is 0 Å². The number of amides is 2. The normalized spacial score (nSPS) is 15.6. The summed E-state index contributed by atoms with van der Waals surface area (Å²) < 4.78 is 32.3. The molecule has 0 bridgehead atoms. The second-order valence-electron chi connectivity index (χ2n) is 6.80. The van der Waals surface area contributed by atoms with Gasteiger partial charge in [-0.25, -0.2) is 13.2 Å². The smallest absolute Gasteiger partial charge is 0.319 e. The molecular formula is C20H26N4O4S. The summed E-state index contributed by atoms with van der Waals surface area (Å²) in [7, 11) is -3.51. The molecule has 2 aromatic rings. The predicted molar refractivity (Wildman–Crippen MR) is 110 cm³/mol. The summed E-state index contributed by atoms with van der Waals surface area (Å²) >= 11 is 0. The summed E-state index contributed by atoms with van der Waals surface area (Å²) in [5.74, 6) is 0.849. The number of piperidine rings is 1. The van der Waals surface area contributed by atoms with Gasteiger partial charge in [0.25, 0.3) is 0 Å². The van der Waals surface area contributed by atoms with Gasteiger partial charge in [-0.2, -0.15) is 4.31 Å². The summed E-state index contributed by atoms with van der Waals surface area (Å²) in [6.45, 7) is 3.75. The van der Waals surface area contributed by atoms with Crippen molar-refractivity contribution in [3.63, 3.8) is 0 Å². The Morgan fingerprint density at radius 3 is 2.66 bits per heavy atom. The largest absolute Gasteiger partial charge is 0.492 e. The number of ether oxygens (including phenoxy) is 1. The first-order valence-corrected chi connectivity index (χ1v) is 11.1. The maximum atomic E-state index is 12.6. The Labute approximate surface area is 171 Å². The Bertz CT molecular complexity index is 913. The minimum Gasteiger partial charge on any atom is -0.492 e. The van der Waals surface area contributed by atoms with Gasteiger partial charge < -0.3 is 15.4 Å². The average molecular weight is 419 g/mol. The molecule has 0 saturated carbocycles. The number of urea groups is 1. The van der Waals surface area contributed by atoms with Crippen LogP contribution in [-0.4, -0.2) is 50.0 Å². The van der Waals surface area contributed by atoms with Crippen LogP contribution in [-0.2, 0) is 10.0 Å². The molecular weight excluding hydrogens is 392 g/mol. The van der Waals surface area contributed by atoms with Crippen molar-refractivity contribution in [2.24, 2.45) is 5.92 Å². The van der Waals surface area contributed by atoms with E-state index in [0.29, 0.717) is 50.5 Å². The van der Waals surface area contributed by atoms with Gasteiger partial charge in [0.1, 0.15) is 10.6 Å². The van der Waals surface area contributed by atoms with E-state index in [1.807, 2.05) is 19.1 Å². The van der Waals surface area contributed by atoms with Crippen molar-refractivity contribution >= 4 is 21.7 Å². The van der Waals surface area contributed by atoms with Crippen LogP contribution in [0, 0.1) is 5.92 Å². The van der Waals surface area contributed by atoms with E-state index in [0.717, 1.165) is 0 Å². The van der Waals surface area contributed by atoms with Crippen LogP contribution in [0.5, 0.6) is 5.75 Å². The number of benzene rings is 1. The molecule has 0 radical (unpaired) electrons. The Morgan fingerprint density at radius 1 is 1.21 bits per heavy atom. The number of rotatable bonds is 7. The summed E-state index contributed by atoms with van der Waals surface area (Å²) in [5.41, 5.74) is 0.615.